The van der Waals surface area contributed by atoms with Crippen LogP contribution >= 0.6 is 11.3 Å². The van der Waals surface area contributed by atoms with Crippen molar-refractivity contribution < 1.29 is 0 Å². The van der Waals surface area contributed by atoms with Gasteiger partial charge in [0.1, 0.15) is 0 Å². The molecule has 1 aromatic heterocycles. The number of thiophene rings is 1. The summed E-state index contributed by atoms with van der Waals surface area (Å²) in [5.74, 6) is 0. The first kappa shape index (κ1) is 7.72. The Balaban J connectivity index is 2.28. The lowest BCUT2D eigenvalue weighted by molar-refractivity contribution is 0.571. The summed E-state index contributed by atoms with van der Waals surface area (Å²) in [6.45, 7) is 2.82. The molecule has 1 heterocycles. The standard InChI is InChI=1S/C7H12N2S/c1-6(8)9-5-7-3-2-4-10-7/h2-4,6,9H,5,8H2,1H3. The van der Waals surface area contributed by atoms with E-state index in [0.717, 1.165) is 6.54 Å². The van der Waals surface area contributed by atoms with Crippen LogP contribution in [0, 0.1) is 0 Å². The fraction of sp³-hybridized carbons (Fsp3) is 0.429. The van der Waals surface area contributed by atoms with Crippen molar-refractivity contribution in [1.82, 2.24) is 5.32 Å². The van der Waals surface area contributed by atoms with Gasteiger partial charge in [-0.15, -0.1) is 11.3 Å². The van der Waals surface area contributed by atoms with E-state index in [2.05, 4.69) is 16.8 Å². The van der Waals surface area contributed by atoms with E-state index in [1.54, 1.807) is 11.3 Å². The van der Waals surface area contributed by atoms with E-state index in [1.165, 1.54) is 4.88 Å². The number of nitrogens with one attached hydrogen (secondary N) is 1. The predicted molar refractivity (Wildman–Crippen MR) is 44.8 cm³/mol. The highest BCUT2D eigenvalue weighted by Gasteiger charge is 1.93. The number of hydrogen-bond donors (Lipinski definition) is 2. The topological polar surface area (TPSA) is 38.0 Å². The van der Waals surface area contributed by atoms with Crippen LogP contribution in [0.15, 0.2) is 17.5 Å². The van der Waals surface area contributed by atoms with E-state index >= 15 is 0 Å². The molecule has 0 radical (unpaired) electrons. The van der Waals surface area contributed by atoms with Crippen molar-refractivity contribution in [2.24, 2.45) is 5.73 Å². The zero-order valence-corrected chi connectivity index (χ0v) is 6.82. The molecule has 0 aromatic carbocycles. The maximum absolute atomic E-state index is 5.50. The van der Waals surface area contributed by atoms with Crippen LogP contribution in [0.4, 0.5) is 0 Å². The molecule has 0 saturated carbocycles. The molecule has 0 aliphatic heterocycles. The third kappa shape index (κ3) is 2.47. The summed E-state index contributed by atoms with van der Waals surface area (Å²) in [6, 6.07) is 4.14. The van der Waals surface area contributed by atoms with E-state index in [-0.39, 0.29) is 6.17 Å². The van der Waals surface area contributed by atoms with Gasteiger partial charge in [-0.25, -0.2) is 0 Å². The highest BCUT2D eigenvalue weighted by Crippen LogP contribution is 2.06. The van der Waals surface area contributed by atoms with E-state index in [4.69, 9.17) is 5.73 Å². The lowest BCUT2D eigenvalue weighted by Gasteiger charge is -2.04. The summed E-state index contributed by atoms with van der Waals surface area (Å²) in [5.41, 5.74) is 5.50. The van der Waals surface area contributed by atoms with Crippen molar-refractivity contribution in [3.05, 3.63) is 22.4 Å². The molecule has 0 amide bonds. The number of nitrogens with two attached hydrogens (primary N) is 1. The van der Waals surface area contributed by atoms with Crippen LogP contribution in [0.1, 0.15) is 11.8 Å². The minimum absolute atomic E-state index is 0.0853. The molecule has 0 saturated heterocycles. The molecule has 1 rings (SSSR count). The first-order valence-corrected chi connectivity index (χ1v) is 4.18. The molecule has 2 nitrogen and oxygen atoms in total. The molecule has 1 aromatic rings. The molecular weight excluding hydrogens is 144 g/mol. The van der Waals surface area contributed by atoms with Crippen LogP contribution in [0.5, 0.6) is 0 Å². The van der Waals surface area contributed by atoms with E-state index in [9.17, 15) is 0 Å². The highest BCUT2D eigenvalue weighted by molar-refractivity contribution is 7.09. The van der Waals surface area contributed by atoms with Crippen LogP contribution in [0.25, 0.3) is 0 Å². The predicted octanol–water partition coefficient (Wildman–Crippen LogP) is 1.14. The number of rotatable bonds is 3. The first-order valence-electron chi connectivity index (χ1n) is 3.30. The summed E-state index contributed by atoms with van der Waals surface area (Å²) in [6.07, 6.45) is 0.0853. The molecule has 3 heteroatoms. The molecule has 0 aliphatic carbocycles. The molecule has 1 unspecified atom stereocenters. The second-order valence-corrected chi connectivity index (χ2v) is 3.28. The molecule has 56 valence electrons. The summed E-state index contributed by atoms with van der Waals surface area (Å²) in [5, 5.41) is 5.20. The zero-order valence-electron chi connectivity index (χ0n) is 6.00. The Morgan fingerprint density at radius 1 is 1.80 bits per heavy atom. The Morgan fingerprint density at radius 3 is 3.10 bits per heavy atom. The van der Waals surface area contributed by atoms with Crippen LogP contribution in [-0.4, -0.2) is 6.17 Å². The van der Waals surface area contributed by atoms with Gasteiger partial charge in [0, 0.05) is 11.4 Å². The average Bonchev–Trinajstić information content (AvgIpc) is 2.34. The van der Waals surface area contributed by atoms with Crippen molar-refractivity contribution in [1.29, 1.82) is 0 Å². The van der Waals surface area contributed by atoms with E-state index in [0.29, 0.717) is 0 Å². The van der Waals surface area contributed by atoms with Crippen molar-refractivity contribution in [2.75, 3.05) is 0 Å². The fourth-order valence-electron chi connectivity index (χ4n) is 0.675. The van der Waals surface area contributed by atoms with Gasteiger partial charge in [-0.05, 0) is 18.4 Å². The summed E-state index contributed by atoms with van der Waals surface area (Å²) < 4.78 is 0. The highest BCUT2D eigenvalue weighted by atomic mass is 32.1. The van der Waals surface area contributed by atoms with Gasteiger partial charge in [0.2, 0.25) is 0 Å². The lowest BCUT2D eigenvalue weighted by Crippen LogP contribution is -2.33. The van der Waals surface area contributed by atoms with Crippen LogP contribution in [0.3, 0.4) is 0 Å². The molecule has 0 spiro atoms. The van der Waals surface area contributed by atoms with Gasteiger partial charge in [-0.1, -0.05) is 6.07 Å². The van der Waals surface area contributed by atoms with Crippen molar-refractivity contribution >= 4 is 11.3 Å². The van der Waals surface area contributed by atoms with Crippen molar-refractivity contribution in [2.45, 2.75) is 19.6 Å². The van der Waals surface area contributed by atoms with Crippen LogP contribution in [0.2, 0.25) is 0 Å². The molecular formula is C7H12N2S. The Kier molecular flexibility index (Phi) is 2.86. The van der Waals surface area contributed by atoms with Gasteiger partial charge in [-0.3, -0.25) is 5.32 Å². The zero-order chi connectivity index (χ0) is 7.40. The average molecular weight is 156 g/mol. The van der Waals surface area contributed by atoms with Gasteiger partial charge < -0.3 is 5.73 Å². The van der Waals surface area contributed by atoms with E-state index < -0.39 is 0 Å². The summed E-state index contributed by atoms with van der Waals surface area (Å²) in [7, 11) is 0. The normalized spacial score (nSPS) is 13.4. The maximum atomic E-state index is 5.50. The fourth-order valence-corrected chi connectivity index (χ4v) is 1.33. The molecule has 0 aliphatic rings. The molecule has 10 heavy (non-hydrogen) atoms. The first-order chi connectivity index (χ1) is 4.79. The van der Waals surface area contributed by atoms with Crippen molar-refractivity contribution in [3.63, 3.8) is 0 Å². The van der Waals surface area contributed by atoms with Gasteiger partial charge in [-0.2, -0.15) is 0 Å². The maximum Gasteiger partial charge on any atom is 0.0519 e. The molecule has 0 fully saturated rings. The second kappa shape index (κ2) is 3.71. The van der Waals surface area contributed by atoms with Crippen molar-refractivity contribution in [3.8, 4) is 0 Å². The molecule has 0 bridgehead atoms. The summed E-state index contributed by atoms with van der Waals surface area (Å²) >= 11 is 1.75. The largest absolute Gasteiger partial charge is 0.316 e. The van der Waals surface area contributed by atoms with Gasteiger partial charge in [0.05, 0.1) is 6.17 Å². The Bertz CT molecular complexity index is 170. The van der Waals surface area contributed by atoms with E-state index in [1.807, 2.05) is 13.0 Å². The SMILES string of the molecule is CC(N)NCc1cccs1. The lowest BCUT2D eigenvalue weighted by atomic mass is 10.4. The minimum Gasteiger partial charge on any atom is -0.316 e. The quantitative estimate of drug-likeness (QED) is 0.644. The molecule has 3 N–H and O–H groups in total. The van der Waals surface area contributed by atoms with Crippen LogP contribution in [-0.2, 0) is 6.54 Å². The Hall–Kier alpha value is -0.380. The number of hydrogen-bond acceptors (Lipinski definition) is 3. The Labute approximate surface area is 65.1 Å². The third-order valence-electron chi connectivity index (χ3n) is 1.18. The third-order valence-corrected chi connectivity index (χ3v) is 2.05. The monoisotopic (exact) mass is 156 g/mol. The minimum atomic E-state index is 0.0853. The van der Waals surface area contributed by atoms with Crippen LogP contribution < -0.4 is 11.1 Å². The van der Waals surface area contributed by atoms with Gasteiger partial charge >= 0.3 is 0 Å². The Morgan fingerprint density at radius 2 is 2.60 bits per heavy atom. The smallest absolute Gasteiger partial charge is 0.0519 e. The molecule has 1 atom stereocenters. The summed E-state index contributed by atoms with van der Waals surface area (Å²) in [4.78, 5) is 1.33. The van der Waals surface area contributed by atoms with Gasteiger partial charge in [0.15, 0.2) is 0 Å². The second-order valence-electron chi connectivity index (χ2n) is 2.25. The van der Waals surface area contributed by atoms with Gasteiger partial charge in [0.25, 0.3) is 0 Å².